The third-order valence-corrected chi connectivity index (χ3v) is 5.69. The Bertz CT molecular complexity index is 604. The van der Waals surface area contributed by atoms with Crippen molar-refractivity contribution in [3.8, 4) is 0 Å². The lowest BCUT2D eigenvalue weighted by atomic mass is 9.84. The monoisotopic (exact) mass is 329 g/mol. The van der Waals surface area contributed by atoms with Gasteiger partial charge in [0.2, 0.25) is 11.8 Å². The largest absolute Gasteiger partial charge is 0.338 e. The Morgan fingerprint density at radius 3 is 2.79 bits per heavy atom. The van der Waals surface area contributed by atoms with Crippen LogP contribution in [0.1, 0.15) is 51.6 Å². The molecule has 0 radical (unpaired) electrons. The molecule has 1 aromatic rings. The lowest BCUT2D eigenvalue weighted by molar-refractivity contribution is -0.141. The van der Waals surface area contributed by atoms with Crippen molar-refractivity contribution in [1.29, 1.82) is 0 Å². The SMILES string of the molecule is CC(=O)N1CC[C@@]2(C)[C@@H]1CCCCCN2C(=O)Cc1ccccn1. The van der Waals surface area contributed by atoms with Crippen LogP contribution in [0.15, 0.2) is 24.4 Å². The lowest BCUT2D eigenvalue weighted by Gasteiger charge is -2.45. The summed E-state index contributed by atoms with van der Waals surface area (Å²) in [6.07, 6.45) is 7.21. The fraction of sp³-hybridized carbons (Fsp3) is 0.632. The Kier molecular flexibility index (Phi) is 4.88. The molecule has 0 aromatic carbocycles. The summed E-state index contributed by atoms with van der Waals surface area (Å²) in [5.74, 6) is 0.259. The van der Waals surface area contributed by atoms with Gasteiger partial charge in [0.05, 0.1) is 18.0 Å². The second kappa shape index (κ2) is 6.91. The van der Waals surface area contributed by atoms with Gasteiger partial charge in [-0.25, -0.2) is 0 Å². The maximum Gasteiger partial charge on any atom is 0.229 e. The Morgan fingerprint density at radius 1 is 1.25 bits per heavy atom. The molecule has 24 heavy (non-hydrogen) atoms. The van der Waals surface area contributed by atoms with Gasteiger partial charge in [0.1, 0.15) is 0 Å². The van der Waals surface area contributed by atoms with Gasteiger partial charge in [0.15, 0.2) is 0 Å². The summed E-state index contributed by atoms with van der Waals surface area (Å²) in [5.41, 5.74) is 0.559. The van der Waals surface area contributed by atoms with Crippen LogP contribution in [0.3, 0.4) is 0 Å². The minimum absolute atomic E-state index is 0.126. The van der Waals surface area contributed by atoms with Gasteiger partial charge >= 0.3 is 0 Å². The minimum Gasteiger partial charge on any atom is -0.338 e. The molecule has 2 aliphatic rings. The number of fused-ring (bicyclic) bond motifs is 1. The third-order valence-electron chi connectivity index (χ3n) is 5.69. The van der Waals surface area contributed by atoms with Gasteiger partial charge in [-0.1, -0.05) is 18.9 Å². The first-order chi connectivity index (χ1) is 11.5. The fourth-order valence-electron chi connectivity index (χ4n) is 4.37. The molecule has 2 amide bonds. The highest BCUT2D eigenvalue weighted by molar-refractivity contribution is 5.80. The smallest absolute Gasteiger partial charge is 0.229 e. The normalized spacial score (nSPS) is 27.3. The zero-order chi connectivity index (χ0) is 17.2. The van der Waals surface area contributed by atoms with Crippen molar-refractivity contribution in [3.63, 3.8) is 0 Å². The number of hydrogen-bond acceptors (Lipinski definition) is 3. The van der Waals surface area contributed by atoms with Crippen LogP contribution in [-0.2, 0) is 16.0 Å². The number of pyridine rings is 1. The van der Waals surface area contributed by atoms with E-state index in [0.29, 0.717) is 6.42 Å². The van der Waals surface area contributed by atoms with Crippen LogP contribution in [0.25, 0.3) is 0 Å². The lowest BCUT2D eigenvalue weighted by Crippen LogP contribution is -2.58. The molecule has 2 atom stereocenters. The Balaban J connectivity index is 1.84. The van der Waals surface area contributed by atoms with Crippen LogP contribution in [0, 0.1) is 0 Å². The molecule has 5 nitrogen and oxygen atoms in total. The molecule has 5 heteroatoms. The van der Waals surface area contributed by atoms with E-state index in [9.17, 15) is 9.59 Å². The first-order valence-electron chi connectivity index (χ1n) is 9.00. The molecule has 0 spiro atoms. The average molecular weight is 329 g/mol. The molecule has 3 heterocycles. The third kappa shape index (κ3) is 3.17. The zero-order valence-corrected chi connectivity index (χ0v) is 14.7. The van der Waals surface area contributed by atoms with E-state index in [-0.39, 0.29) is 23.4 Å². The molecule has 0 N–H and O–H groups in total. The summed E-state index contributed by atoms with van der Waals surface area (Å²) in [6.45, 7) is 5.35. The van der Waals surface area contributed by atoms with E-state index < -0.39 is 0 Å². The maximum atomic E-state index is 13.0. The van der Waals surface area contributed by atoms with Crippen molar-refractivity contribution in [2.75, 3.05) is 13.1 Å². The van der Waals surface area contributed by atoms with Gasteiger partial charge in [-0.3, -0.25) is 14.6 Å². The number of hydrogen-bond donors (Lipinski definition) is 0. The van der Waals surface area contributed by atoms with Gasteiger partial charge in [-0.2, -0.15) is 0 Å². The van der Waals surface area contributed by atoms with E-state index in [1.54, 1.807) is 13.1 Å². The van der Waals surface area contributed by atoms with E-state index in [1.165, 1.54) is 0 Å². The molecule has 1 aromatic heterocycles. The molecule has 0 bridgehead atoms. The van der Waals surface area contributed by atoms with E-state index in [1.807, 2.05) is 23.1 Å². The summed E-state index contributed by atoms with van der Waals surface area (Å²) < 4.78 is 0. The first kappa shape index (κ1) is 16.9. The molecule has 3 rings (SSSR count). The number of amides is 2. The zero-order valence-electron chi connectivity index (χ0n) is 14.7. The topological polar surface area (TPSA) is 53.5 Å². The number of aromatic nitrogens is 1. The van der Waals surface area contributed by atoms with Crippen molar-refractivity contribution in [3.05, 3.63) is 30.1 Å². The molecule has 2 aliphatic heterocycles. The number of carbonyl (C=O) groups excluding carboxylic acids is 2. The van der Waals surface area contributed by atoms with Crippen LogP contribution in [0.4, 0.5) is 0 Å². The number of likely N-dealkylation sites (tertiary alicyclic amines) is 2. The molecule has 0 unspecified atom stereocenters. The molecular formula is C19H27N3O2. The Labute approximate surface area is 144 Å². The predicted octanol–water partition coefficient (Wildman–Crippen LogP) is 2.41. The standard InChI is InChI=1S/C19H27N3O2/c1-15(23)21-13-10-19(2)17(21)9-4-3-7-12-22(19)18(24)14-16-8-5-6-11-20-16/h5-6,8,11,17H,3-4,7,9-10,12-14H2,1-2H3/t17-,19-/m0/s1. The summed E-state index contributed by atoms with van der Waals surface area (Å²) in [7, 11) is 0. The summed E-state index contributed by atoms with van der Waals surface area (Å²) in [4.78, 5) is 33.4. The average Bonchev–Trinajstić information content (AvgIpc) is 2.86. The highest BCUT2D eigenvalue weighted by atomic mass is 16.2. The van der Waals surface area contributed by atoms with Crippen molar-refractivity contribution >= 4 is 11.8 Å². The fourth-order valence-corrected chi connectivity index (χ4v) is 4.37. The summed E-state index contributed by atoms with van der Waals surface area (Å²) in [6, 6.07) is 5.82. The second-order valence-corrected chi connectivity index (χ2v) is 7.23. The molecular weight excluding hydrogens is 302 g/mol. The summed E-state index contributed by atoms with van der Waals surface area (Å²) in [5, 5.41) is 0. The highest BCUT2D eigenvalue weighted by Gasteiger charge is 2.50. The maximum absolute atomic E-state index is 13.0. The predicted molar refractivity (Wildman–Crippen MR) is 92.3 cm³/mol. The van der Waals surface area contributed by atoms with Crippen LogP contribution >= 0.6 is 0 Å². The van der Waals surface area contributed by atoms with Crippen molar-refractivity contribution in [2.24, 2.45) is 0 Å². The van der Waals surface area contributed by atoms with Crippen LogP contribution in [0.2, 0.25) is 0 Å². The number of nitrogens with zero attached hydrogens (tertiary/aromatic N) is 3. The van der Waals surface area contributed by atoms with Crippen molar-refractivity contribution in [2.45, 2.75) is 64.0 Å². The van der Waals surface area contributed by atoms with E-state index in [4.69, 9.17) is 0 Å². The molecule has 2 saturated heterocycles. The second-order valence-electron chi connectivity index (χ2n) is 7.23. The van der Waals surface area contributed by atoms with Gasteiger partial charge in [0, 0.05) is 31.9 Å². The first-order valence-corrected chi connectivity index (χ1v) is 9.00. The number of carbonyl (C=O) groups is 2. The molecule has 0 saturated carbocycles. The minimum atomic E-state index is -0.252. The van der Waals surface area contributed by atoms with Crippen LogP contribution in [0.5, 0.6) is 0 Å². The Morgan fingerprint density at radius 2 is 2.08 bits per heavy atom. The van der Waals surface area contributed by atoms with Gasteiger partial charge < -0.3 is 9.80 Å². The van der Waals surface area contributed by atoms with Crippen LogP contribution < -0.4 is 0 Å². The van der Waals surface area contributed by atoms with Crippen molar-refractivity contribution in [1.82, 2.24) is 14.8 Å². The van der Waals surface area contributed by atoms with Crippen LogP contribution in [-0.4, -0.2) is 51.3 Å². The molecule has 2 fully saturated rings. The van der Waals surface area contributed by atoms with Gasteiger partial charge in [-0.15, -0.1) is 0 Å². The highest BCUT2D eigenvalue weighted by Crippen LogP contribution is 2.39. The Hall–Kier alpha value is -1.91. The van der Waals surface area contributed by atoms with E-state index in [2.05, 4.69) is 16.8 Å². The van der Waals surface area contributed by atoms with Gasteiger partial charge in [0.25, 0.3) is 0 Å². The van der Waals surface area contributed by atoms with E-state index in [0.717, 1.165) is 50.9 Å². The molecule has 0 aliphatic carbocycles. The number of rotatable bonds is 2. The molecule has 130 valence electrons. The van der Waals surface area contributed by atoms with Gasteiger partial charge in [-0.05, 0) is 38.3 Å². The van der Waals surface area contributed by atoms with Crippen molar-refractivity contribution < 1.29 is 9.59 Å². The quantitative estimate of drug-likeness (QED) is 0.837. The van der Waals surface area contributed by atoms with E-state index >= 15 is 0 Å². The summed E-state index contributed by atoms with van der Waals surface area (Å²) >= 11 is 0.